The highest BCUT2D eigenvalue weighted by Gasteiger charge is 2.70. The van der Waals surface area contributed by atoms with Crippen LogP contribution in [0.25, 0.3) is 5.65 Å². The van der Waals surface area contributed by atoms with Gasteiger partial charge in [-0.2, -0.15) is 0 Å². The number of amides is 1. The largest absolute Gasteiger partial charge is 0.377 e. The summed E-state index contributed by atoms with van der Waals surface area (Å²) in [6.07, 6.45) is 3.83. The van der Waals surface area contributed by atoms with E-state index in [0.717, 1.165) is 25.1 Å². The lowest BCUT2D eigenvalue weighted by Crippen LogP contribution is -2.82. The van der Waals surface area contributed by atoms with Gasteiger partial charge in [0, 0.05) is 24.1 Å². The fourth-order valence-electron chi connectivity index (χ4n) is 4.57. The molecule has 7 nitrogen and oxygen atoms in total. The molecule has 1 saturated carbocycles. The van der Waals surface area contributed by atoms with Crippen molar-refractivity contribution in [3.8, 4) is 0 Å². The fraction of sp³-hybridized carbons (Fsp3) is 0.611. The van der Waals surface area contributed by atoms with E-state index in [4.69, 9.17) is 10.5 Å². The Morgan fingerprint density at radius 3 is 2.85 bits per heavy atom. The average Bonchev–Trinajstić information content (AvgIpc) is 3.05. The molecule has 3 N–H and O–H groups in total. The Labute approximate surface area is 171 Å². The first-order valence-electron chi connectivity index (χ1n) is 8.88. The van der Waals surface area contributed by atoms with Crippen LogP contribution < -0.4 is 11.1 Å². The molecule has 0 spiro atoms. The summed E-state index contributed by atoms with van der Waals surface area (Å²) in [7, 11) is 0. The number of fused-ring (bicyclic) bond motifs is 2. The standard InChI is InChI=1S/C18H25N5O2.2ClH/c1-11(15-22-21-13-8-4-5-9-23(13)15)20-16(24)18(19)12-7-6-10-25-14(12)17(18,2)3;;/h4-5,8-9,11-12,14H,6-7,10,19H2,1-3H3,(H,20,24);2*1H. The minimum atomic E-state index is -0.924. The molecule has 0 aromatic carbocycles. The number of hydrogen-bond donors (Lipinski definition) is 2. The lowest BCUT2D eigenvalue weighted by molar-refractivity contribution is -0.225. The smallest absolute Gasteiger partial charge is 0.241 e. The van der Waals surface area contributed by atoms with Crippen LogP contribution in [0.3, 0.4) is 0 Å². The zero-order valence-corrected chi connectivity index (χ0v) is 17.3. The van der Waals surface area contributed by atoms with Crippen molar-refractivity contribution in [1.82, 2.24) is 19.9 Å². The van der Waals surface area contributed by atoms with E-state index >= 15 is 0 Å². The molecule has 0 bridgehead atoms. The number of carbonyl (C=O) groups is 1. The van der Waals surface area contributed by atoms with E-state index < -0.39 is 11.0 Å². The van der Waals surface area contributed by atoms with Gasteiger partial charge in [0.1, 0.15) is 5.54 Å². The van der Waals surface area contributed by atoms with E-state index in [1.165, 1.54) is 0 Å². The van der Waals surface area contributed by atoms with Crippen molar-refractivity contribution in [2.45, 2.75) is 51.3 Å². The van der Waals surface area contributed by atoms with E-state index in [2.05, 4.69) is 15.5 Å². The summed E-state index contributed by atoms with van der Waals surface area (Å²) in [5.41, 5.74) is 6.10. The normalized spacial score (nSPS) is 29.5. The van der Waals surface area contributed by atoms with Crippen LogP contribution in [-0.4, -0.2) is 38.8 Å². The van der Waals surface area contributed by atoms with E-state index in [1.54, 1.807) is 0 Å². The third-order valence-corrected chi connectivity index (χ3v) is 6.14. The van der Waals surface area contributed by atoms with E-state index in [1.807, 2.05) is 49.6 Å². The summed E-state index contributed by atoms with van der Waals surface area (Å²) < 4.78 is 7.77. The number of nitrogens with zero attached hydrogens (tertiary/aromatic N) is 3. The van der Waals surface area contributed by atoms with Gasteiger partial charge in [0.15, 0.2) is 11.5 Å². The maximum Gasteiger partial charge on any atom is 0.241 e. The van der Waals surface area contributed by atoms with Crippen LogP contribution in [-0.2, 0) is 9.53 Å². The molecule has 2 aromatic rings. The molecule has 2 aromatic heterocycles. The van der Waals surface area contributed by atoms with Crippen LogP contribution in [0.2, 0.25) is 0 Å². The average molecular weight is 416 g/mol. The minimum Gasteiger partial charge on any atom is -0.377 e. The summed E-state index contributed by atoms with van der Waals surface area (Å²) in [5, 5.41) is 11.4. The molecule has 0 radical (unpaired) electrons. The second kappa shape index (κ2) is 7.54. The monoisotopic (exact) mass is 415 g/mol. The van der Waals surface area contributed by atoms with Crippen molar-refractivity contribution < 1.29 is 9.53 Å². The minimum absolute atomic E-state index is 0. The topological polar surface area (TPSA) is 94.5 Å². The molecule has 27 heavy (non-hydrogen) atoms. The molecule has 2 aliphatic rings. The predicted molar refractivity (Wildman–Crippen MR) is 107 cm³/mol. The van der Waals surface area contributed by atoms with Crippen LogP contribution in [0.5, 0.6) is 0 Å². The molecule has 150 valence electrons. The van der Waals surface area contributed by atoms with Gasteiger partial charge < -0.3 is 15.8 Å². The number of rotatable bonds is 3. The van der Waals surface area contributed by atoms with Gasteiger partial charge in [-0.05, 0) is 31.9 Å². The molecule has 1 aliphatic carbocycles. The van der Waals surface area contributed by atoms with Gasteiger partial charge in [-0.3, -0.25) is 9.20 Å². The predicted octanol–water partition coefficient (Wildman–Crippen LogP) is 2.28. The number of pyridine rings is 1. The van der Waals surface area contributed by atoms with Crippen molar-refractivity contribution in [3.63, 3.8) is 0 Å². The summed E-state index contributed by atoms with van der Waals surface area (Å²) in [6, 6.07) is 5.42. The Kier molecular flexibility index (Phi) is 6.11. The van der Waals surface area contributed by atoms with Crippen LogP contribution >= 0.6 is 24.8 Å². The molecule has 1 amide bonds. The first-order valence-corrected chi connectivity index (χ1v) is 8.88. The van der Waals surface area contributed by atoms with Crippen LogP contribution in [0.4, 0.5) is 0 Å². The van der Waals surface area contributed by atoms with Gasteiger partial charge in [0.05, 0.1) is 12.1 Å². The third-order valence-electron chi connectivity index (χ3n) is 6.14. The molecule has 4 unspecified atom stereocenters. The summed E-state index contributed by atoms with van der Waals surface area (Å²) >= 11 is 0. The van der Waals surface area contributed by atoms with Crippen LogP contribution in [0.15, 0.2) is 24.4 Å². The van der Waals surface area contributed by atoms with Gasteiger partial charge in [0.2, 0.25) is 5.91 Å². The Balaban J connectivity index is 0.00000131. The molecular weight excluding hydrogens is 389 g/mol. The number of halogens is 2. The molecule has 4 atom stereocenters. The third kappa shape index (κ3) is 3.01. The number of carbonyl (C=O) groups excluding carboxylic acids is 1. The second-order valence-corrected chi connectivity index (χ2v) is 7.81. The van der Waals surface area contributed by atoms with E-state index in [0.29, 0.717) is 5.82 Å². The number of aromatic nitrogens is 3. The summed E-state index contributed by atoms with van der Waals surface area (Å²) in [5.74, 6) is 0.629. The zero-order chi connectivity index (χ0) is 17.8. The van der Waals surface area contributed by atoms with E-state index in [-0.39, 0.29) is 48.8 Å². The molecular formula is C18H27Cl2N5O2. The van der Waals surface area contributed by atoms with Crippen molar-refractivity contribution >= 4 is 36.4 Å². The Bertz CT molecular complexity index is 827. The van der Waals surface area contributed by atoms with Gasteiger partial charge in [-0.25, -0.2) is 0 Å². The molecule has 9 heteroatoms. The Morgan fingerprint density at radius 1 is 1.37 bits per heavy atom. The maximum atomic E-state index is 13.1. The summed E-state index contributed by atoms with van der Waals surface area (Å²) in [4.78, 5) is 13.1. The van der Waals surface area contributed by atoms with Crippen molar-refractivity contribution in [2.24, 2.45) is 17.1 Å². The number of nitrogens with two attached hydrogens (primary N) is 1. The Morgan fingerprint density at radius 2 is 2.11 bits per heavy atom. The van der Waals surface area contributed by atoms with E-state index in [9.17, 15) is 4.79 Å². The highest BCUT2D eigenvalue weighted by atomic mass is 35.5. The number of hydrogen-bond acceptors (Lipinski definition) is 5. The van der Waals surface area contributed by atoms with Gasteiger partial charge >= 0.3 is 0 Å². The highest BCUT2D eigenvalue weighted by molar-refractivity contribution is 5.89. The van der Waals surface area contributed by atoms with Gasteiger partial charge in [0.25, 0.3) is 0 Å². The molecule has 1 saturated heterocycles. The Hall–Kier alpha value is -1.41. The van der Waals surface area contributed by atoms with Crippen molar-refractivity contribution in [1.29, 1.82) is 0 Å². The lowest BCUT2D eigenvalue weighted by atomic mass is 9.46. The number of ether oxygens (including phenoxy) is 1. The molecule has 3 heterocycles. The quantitative estimate of drug-likeness (QED) is 0.801. The first kappa shape index (κ1) is 21.9. The highest BCUT2D eigenvalue weighted by Crippen LogP contribution is 2.57. The maximum absolute atomic E-state index is 13.1. The zero-order valence-electron chi connectivity index (χ0n) is 15.7. The number of nitrogens with one attached hydrogen (secondary N) is 1. The van der Waals surface area contributed by atoms with Gasteiger partial charge in [-0.1, -0.05) is 19.9 Å². The van der Waals surface area contributed by atoms with Crippen LogP contribution in [0, 0.1) is 11.3 Å². The fourth-order valence-corrected chi connectivity index (χ4v) is 4.57. The summed E-state index contributed by atoms with van der Waals surface area (Å²) in [6.45, 7) is 6.71. The van der Waals surface area contributed by atoms with Crippen molar-refractivity contribution in [3.05, 3.63) is 30.2 Å². The second-order valence-electron chi connectivity index (χ2n) is 7.81. The lowest BCUT2D eigenvalue weighted by Gasteiger charge is -2.65. The van der Waals surface area contributed by atoms with Crippen LogP contribution in [0.1, 0.15) is 45.5 Å². The van der Waals surface area contributed by atoms with Crippen molar-refractivity contribution in [2.75, 3.05) is 6.61 Å². The SMILES string of the molecule is CC(NC(=O)C1(N)C2CCCOC2C1(C)C)c1nnc2ccccn12.Cl.Cl. The van der Waals surface area contributed by atoms with Gasteiger partial charge in [-0.15, -0.1) is 35.0 Å². The first-order chi connectivity index (χ1) is 11.9. The molecule has 4 rings (SSSR count). The molecule has 2 fully saturated rings. The molecule has 1 aliphatic heterocycles.